The van der Waals surface area contributed by atoms with Crippen LogP contribution in [0.1, 0.15) is 33.1 Å². The maximum Gasteiger partial charge on any atom is 0.431 e. The van der Waals surface area contributed by atoms with Gasteiger partial charge < -0.3 is 9.47 Å². The van der Waals surface area contributed by atoms with Gasteiger partial charge in [-0.3, -0.25) is 9.59 Å². The van der Waals surface area contributed by atoms with Crippen molar-refractivity contribution in [1.82, 2.24) is 0 Å². The van der Waals surface area contributed by atoms with Gasteiger partial charge in [-0.1, -0.05) is 22.6 Å². The number of rotatable bonds is 7. The summed E-state index contributed by atoms with van der Waals surface area (Å²) in [5.74, 6) is -4.64. The van der Waals surface area contributed by atoms with E-state index in [4.69, 9.17) is 9.47 Å². The predicted molar refractivity (Wildman–Crippen MR) is 91.4 cm³/mol. The highest BCUT2D eigenvalue weighted by Crippen LogP contribution is 2.56. The third-order valence-electron chi connectivity index (χ3n) is 4.86. The second-order valence-electron chi connectivity index (χ2n) is 6.61. The standard InChI is InChI=1S/C16H20F7IO4/c1-3-27-11(25)13(12(26)28-4-2)5-9(10(6-13)8-24)7-14(17,15(18,19)20)16(21,22)23/h9-10H,3-8H2,1-2H3/t9-,10+/m0/s1. The Morgan fingerprint density at radius 2 is 1.29 bits per heavy atom. The average Bonchev–Trinajstić information content (AvgIpc) is 2.93. The van der Waals surface area contributed by atoms with Crippen molar-refractivity contribution in [3.8, 4) is 0 Å². The summed E-state index contributed by atoms with van der Waals surface area (Å²) in [6, 6.07) is 0. The van der Waals surface area contributed by atoms with E-state index in [0.29, 0.717) is 0 Å². The van der Waals surface area contributed by atoms with Gasteiger partial charge in [-0.15, -0.1) is 0 Å². The molecule has 0 spiro atoms. The predicted octanol–water partition coefficient (Wildman–Crippen LogP) is 4.78. The molecular formula is C16H20F7IO4. The quantitative estimate of drug-likeness (QED) is 0.155. The molecule has 0 aromatic heterocycles. The number of carbonyl (C=O) groups is 2. The van der Waals surface area contributed by atoms with E-state index in [-0.39, 0.29) is 24.1 Å². The van der Waals surface area contributed by atoms with Crippen LogP contribution in [0.2, 0.25) is 0 Å². The van der Waals surface area contributed by atoms with Gasteiger partial charge in [-0.05, 0) is 38.5 Å². The van der Waals surface area contributed by atoms with Crippen LogP contribution in [0.5, 0.6) is 0 Å². The molecule has 0 saturated heterocycles. The number of hydrogen-bond acceptors (Lipinski definition) is 4. The van der Waals surface area contributed by atoms with E-state index in [0.717, 1.165) is 0 Å². The molecule has 0 unspecified atom stereocenters. The number of ether oxygens (including phenoxy) is 2. The lowest BCUT2D eigenvalue weighted by atomic mass is 9.82. The van der Waals surface area contributed by atoms with Gasteiger partial charge in [-0.25, -0.2) is 4.39 Å². The SMILES string of the molecule is CCOC(=O)C1(C(=O)OCC)C[C@H](CI)[C@H](CC(F)(C(F)(F)F)C(F)(F)F)C1. The summed E-state index contributed by atoms with van der Waals surface area (Å²) in [6.07, 6.45) is -15.4. The van der Waals surface area contributed by atoms with E-state index in [2.05, 4.69) is 0 Å². The van der Waals surface area contributed by atoms with E-state index in [1.165, 1.54) is 13.8 Å². The summed E-state index contributed by atoms with van der Waals surface area (Å²) < 4.78 is 102. The van der Waals surface area contributed by atoms with Crippen LogP contribution >= 0.6 is 22.6 Å². The number of hydrogen-bond donors (Lipinski definition) is 0. The Bertz CT molecular complexity index is 544. The highest BCUT2D eigenvalue weighted by molar-refractivity contribution is 14.1. The Kier molecular flexibility index (Phi) is 8.02. The van der Waals surface area contributed by atoms with Crippen LogP contribution in [0.25, 0.3) is 0 Å². The average molecular weight is 536 g/mol. The number of carbonyl (C=O) groups excluding carboxylic acids is 2. The van der Waals surface area contributed by atoms with Crippen LogP contribution in [-0.2, 0) is 19.1 Å². The van der Waals surface area contributed by atoms with Crippen molar-refractivity contribution in [2.45, 2.75) is 51.1 Å². The lowest BCUT2D eigenvalue weighted by molar-refractivity contribution is -0.346. The largest absolute Gasteiger partial charge is 0.465 e. The summed E-state index contributed by atoms with van der Waals surface area (Å²) in [6.45, 7) is 2.55. The highest BCUT2D eigenvalue weighted by Gasteiger charge is 2.73. The summed E-state index contributed by atoms with van der Waals surface area (Å²) in [7, 11) is 0. The fourth-order valence-electron chi connectivity index (χ4n) is 3.44. The first-order valence-electron chi connectivity index (χ1n) is 8.43. The van der Waals surface area contributed by atoms with Crippen LogP contribution in [0.15, 0.2) is 0 Å². The molecule has 0 bridgehead atoms. The molecule has 0 heterocycles. The van der Waals surface area contributed by atoms with Crippen molar-refractivity contribution >= 4 is 34.5 Å². The van der Waals surface area contributed by atoms with Crippen molar-refractivity contribution in [2.24, 2.45) is 17.3 Å². The summed E-state index contributed by atoms with van der Waals surface area (Å²) in [5.41, 5.74) is -7.50. The van der Waals surface area contributed by atoms with Gasteiger partial charge >= 0.3 is 24.3 Å². The maximum atomic E-state index is 14.2. The van der Waals surface area contributed by atoms with E-state index >= 15 is 0 Å². The highest BCUT2D eigenvalue weighted by atomic mass is 127. The van der Waals surface area contributed by atoms with Gasteiger partial charge in [0, 0.05) is 10.8 Å². The monoisotopic (exact) mass is 536 g/mol. The Balaban J connectivity index is 3.33. The van der Waals surface area contributed by atoms with Gasteiger partial charge in [0.15, 0.2) is 5.41 Å². The Hall–Kier alpha value is -0.820. The zero-order valence-corrected chi connectivity index (χ0v) is 17.2. The van der Waals surface area contributed by atoms with Crippen molar-refractivity contribution in [2.75, 3.05) is 17.6 Å². The molecule has 1 aliphatic rings. The number of esters is 2. The normalized spacial score (nSPS) is 22.8. The Labute approximate surface area is 170 Å². The van der Waals surface area contributed by atoms with Gasteiger partial charge in [-0.2, -0.15) is 26.3 Å². The Morgan fingerprint density at radius 3 is 1.61 bits per heavy atom. The molecule has 28 heavy (non-hydrogen) atoms. The molecular weight excluding hydrogens is 516 g/mol. The van der Waals surface area contributed by atoms with E-state index in [1.54, 1.807) is 22.6 Å². The molecule has 0 N–H and O–H groups in total. The van der Waals surface area contributed by atoms with Gasteiger partial charge in [0.1, 0.15) is 0 Å². The van der Waals surface area contributed by atoms with Gasteiger partial charge in [0.05, 0.1) is 13.2 Å². The van der Waals surface area contributed by atoms with Crippen LogP contribution in [0.4, 0.5) is 30.7 Å². The minimum atomic E-state index is -6.19. The van der Waals surface area contributed by atoms with Crippen LogP contribution < -0.4 is 0 Å². The molecule has 1 rings (SSSR count). The van der Waals surface area contributed by atoms with Crippen molar-refractivity contribution in [1.29, 1.82) is 0 Å². The van der Waals surface area contributed by atoms with E-state index in [1.807, 2.05) is 0 Å². The molecule has 1 aliphatic carbocycles. The number of alkyl halides is 8. The number of halogens is 8. The topological polar surface area (TPSA) is 52.6 Å². The molecule has 0 aliphatic heterocycles. The lowest BCUT2D eigenvalue weighted by Gasteiger charge is -2.33. The maximum absolute atomic E-state index is 14.2. The van der Waals surface area contributed by atoms with Crippen LogP contribution in [-0.4, -0.2) is 47.6 Å². The molecule has 0 radical (unpaired) electrons. The first-order chi connectivity index (χ1) is 12.7. The van der Waals surface area contributed by atoms with Gasteiger partial charge in [0.25, 0.3) is 5.67 Å². The molecule has 2 atom stereocenters. The van der Waals surface area contributed by atoms with Crippen molar-refractivity contribution in [3.05, 3.63) is 0 Å². The summed E-state index contributed by atoms with van der Waals surface area (Å²) >= 11 is 1.72. The lowest BCUT2D eigenvalue weighted by Crippen LogP contribution is -2.54. The van der Waals surface area contributed by atoms with Gasteiger partial charge in [0.2, 0.25) is 0 Å². The third kappa shape index (κ3) is 4.66. The van der Waals surface area contributed by atoms with Crippen LogP contribution in [0, 0.1) is 17.3 Å². The smallest absolute Gasteiger partial charge is 0.431 e. The molecule has 0 aromatic rings. The first kappa shape index (κ1) is 25.2. The van der Waals surface area contributed by atoms with Crippen molar-refractivity contribution < 1.29 is 49.8 Å². The fourth-order valence-corrected chi connectivity index (χ4v) is 4.47. The minimum absolute atomic E-state index is 0.0226. The second-order valence-corrected chi connectivity index (χ2v) is 7.49. The third-order valence-corrected chi connectivity index (χ3v) is 5.99. The molecule has 4 nitrogen and oxygen atoms in total. The molecule has 164 valence electrons. The molecule has 12 heteroatoms. The molecule has 0 aromatic carbocycles. The molecule has 1 saturated carbocycles. The first-order valence-corrected chi connectivity index (χ1v) is 9.95. The fraction of sp³-hybridized carbons (Fsp3) is 0.875. The van der Waals surface area contributed by atoms with Crippen molar-refractivity contribution in [3.63, 3.8) is 0 Å². The summed E-state index contributed by atoms with van der Waals surface area (Å²) in [4.78, 5) is 24.8. The zero-order valence-electron chi connectivity index (χ0n) is 15.1. The van der Waals surface area contributed by atoms with E-state index < -0.39 is 60.1 Å². The molecule has 1 fully saturated rings. The minimum Gasteiger partial charge on any atom is -0.465 e. The van der Waals surface area contributed by atoms with Crippen LogP contribution in [0.3, 0.4) is 0 Å². The van der Waals surface area contributed by atoms with E-state index in [9.17, 15) is 40.3 Å². The Morgan fingerprint density at radius 1 is 0.893 bits per heavy atom. The molecule has 0 amide bonds. The second kappa shape index (κ2) is 8.90. The zero-order chi connectivity index (χ0) is 22.0. The summed E-state index contributed by atoms with van der Waals surface area (Å²) in [5, 5.41) is 0.